The van der Waals surface area contributed by atoms with Crippen molar-refractivity contribution in [3.63, 3.8) is 0 Å². The minimum atomic E-state index is -0.949. The number of unbranched alkanes of at least 4 members (excludes halogenated alkanes) is 3. The van der Waals surface area contributed by atoms with E-state index in [9.17, 15) is 19.2 Å². The summed E-state index contributed by atoms with van der Waals surface area (Å²) < 4.78 is 5.93. The number of carbonyl (C=O) groups excluding carboxylic acids is 4. The number of nitrogens with one attached hydrogen (secondary N) is 3. The van der Waals surface area contributed by atoms with Gasteiger partial charge in [0, 0.05) is 25.3 Å². The predicted octanol–water partition coefficient (Wildman–Crippen LogP) is 2.25. The van der Waals surface area contributed by atoms with E-state index < -0.39 is 23.8 Å². The van der Waals surface area contributed by atoms with Crippen molar-refractivity contribution >= 4 is 41.7 Å². The Morgan fingerprint density at radius 1 is 0.971 bits per heavy atom. The van der Waals surface area contributed by atoms with Gasteiger partial charge in [0.2, 0.25) is 11.8 Å². The maximum absolute atomic E-state index is 13.1. The molecule has 0 spiro atoms. The Bertz CT molecular complexity index is 919. The molecule has 0 saturated carbocycles. The smallest absolute Gasteiger partial charge is 0.264 e. The highest BCUT2D eigenvalue weighted by atomic mass is 35.5. The molecule has 10 heteroatoms. The number of halogens is 1. The Morgan fingerprint density at radius 3 is 2.50 bits per heavy atom. The van der Waals surface area contributed by atoms with Crippen molar-refractivity contribution in [2.24, 2.45) is 0 Å². The van der Waals surface area contributed by atoms with Crippen LogP contribution in [0.15, 0.2) is 18.2 Å². The van der Waals surface area contributed by atoms with Gasteiger partial charge in [-0.15, -0.1) is 12.4 Å². The first-order chi connectivity index (χ1) is 16.1. The zero-order chi connectivity index (χ0) is 23.2. The number of nitrogens with zero attached hydrogens (tertiary/aromatic N) is 1. The van der Waals surface area contributed by atoms with E-state index in [0.29, 0.717) is 29.5 Å². The van der Waals surface area contributed by atoms with Crippen LogP contribution < -0.4 is 16.0 Å². The molecule has 1 atom stereocenters. The summed E-state index contributed by atoms with van der Waals surface area (Å²) >= 11 is 0. The molecular formula is C24H33ClN4O5. The minimum absolute atomic E-state index is 0. The number of hydrogen-bond donors (Lipinski definition) is 3. The Kier molecular flexibility index (Phi) is 9.44. The second-order valence-electron chi connectivity index (χ2n) is 8.84. The summed E-state index contributed by atoms with van der Waals surface area (Å²) in [5.41, 5.74) is 1.21. The SMILES string of the molecule is Cl.O=C1CCC(N2C(=O)c3cccc(NCCCCCCOC4CCNCC4)c3C2=O)C(=O)N1. The van der Waals surface area contributed by atoms with E-state index in [-0.39, 0.29) is 31.2 Å². The molecule has 3 N–H and O–H groups in total. The number of amides is 4. The minimum Gasteiger partial charge on any atom is -0.384 e. The Labute approximate surface area is 205 Å². The molecule has 1 aromatic carbocycles. The lowest BCUT2D eigenvalue weighted by molar-refractivity contribution is -0.136. The molecule has 1 aromatic rings. The quantitative estimate of drug-likeness (QED) is 0.339. The van der Waals surface area contributed by atoms with Crippen LogP contribution in [-0.4, -0.2) is 66.9 Å². The highest BCUT2D eigenvalue weighted by molar-refractivity contribution is 6.25. The van der Waals surface area contributed by atoms with E-state index >= 15 is 0 Å². The lowest BCUT2D eigenvalue weighted by Gasteiger charge is -2.27. The first-order valence-corrected chi connectivity index (χ1v) is 12.0. The number of hydrogen-bond acceptors (Lipinski definition) is 7. The molecule has 3 aliphatic heterocycles. The normalized spacial score (nSPS) is 20.7. The number of imide groups is 2. The number of ether oxygens (including phenoxy) is 1. The molecule has 9 nitrogen and oxygen atoms in total. The summed E-state index contributed by atoms with van der Waals surface area (Å²) in [6.07, 6.45) is 6.95. The van der Waals surface area contributed by atoms with Gasteiger partial charge in [0.15, 0.2) is 0 Å². The van der Waals surface area contributed by atoms with Crippen LogP contribution in [0.3, 0.4) is 0 Å². The molecule has 186 valence electrons. The second-order valence-corrected chi connectivity index (χ2v) is 8.84. The van der Waals surface area contributed by atoms with E-state index in [1.54, 1.807) is 18.2 Å². The van der Waals surface area contributed by atoms with Gasteiger partial charge in [-0.3, -0.25) is 29.4 Å². The van der Waals surface area contributed by atoms with Crippen molar-refractivity contribution in [3.8, 4) is 0 Å². The molecule has 0 bridgehead atoms. The fourth-order valence-corrected chi connectivity index (χ4v) is 4.68. The summed E-state index contributed by atoms with van der Waals surface area (Å²) in [7, 11) is 0. The second kappa shape index (κ2) is 12.3. The van der Waals surface area contributed by atoms with Crippen LogP contribution in [0.25, 0.3) is 0 Å². The third-order valence-corrected chi connectivity index (χ3v) is 6.49. The summed E-state index contributed by atoms with van der Waals surface area (Å²) in [5, 5.41) is 8.84. The molecular weight excluding hydrogens is 460 g/mol. The molecule has 2 saturated heterocycles. The molecule has 4 amide bonds. The molecule has 1 unspecified atom stereocenters. The van der Waals surface area contributed by atoms with Crippen molar-refractivity contribution in [2.45, 2.75) is 63.5 Å². The van der Waals surface area contributed by atoms with Crippen LogP contribution in [0.5, 0.6) is 0 Å². The summed E-state index contributed by atoms with van der Waals surface area (Å²) in [5.74, 6) is -1.95. The Hall–Kier alpha value is -2.49. The van der Waals surface area contributed by atoms with Gasteiger partial charge in [-0.05, 0) is 57.3 Å². The van der Waals surface area contributed by atoms with Crippen LogP contribution in [0, 0.1) is 0 Å². The molecule has 4 rings (SSSR count). The molecule has 3 heterocycles. The van der Waals surface area contributed by atoms with Crippen LogP contribution in [0.1, 0.15) is 72.1 Å². The Morgan fingerprint density at radius 2 is 1.74 bits per heavy atom. The molecule has 0 aromatic heterocycles. The third-order valence-electron chi connectivity index (χ3n) is 6.49. The van der Waals surface area contributed by atoms with Crippen molar-refractivity contribution in [1.29, 1.82) is 0 Å². The highest BCUT2D eigenvalue weighted by Crippen LogP contribution is 2.32. The third kappa shape index (κ3) is 5.95. The molecule has 2 fully saturated rings. The average Bonchev–Trinajstić information content (AvgIpc) is 3.07. The van der Waals surface area contributed by atoms with Gasteiger partial charge in [0.25, 0.3) is 11.8 Å². The van der Waals surface area contributed by atoms with E-state index in [1.165, 1.54) is 0 Å². The van der Waals surface area contributed by atoms with E-state index in [0.717, 1.165) is 63.1 Å². The van der Waals surface area contributed by atoms with E-state index in [1.807, 2.05) is 0 Å². The van der Waals surface area contributed by atoms with Crippen LogP contribution in [0.4, 0.5) is 5.69 Å². The lowest BCUT2D eigenvalue weighted by atomic mass is 10.0. The predicted molar refractivity (Wildman–Crippen MR) is 129 cm³/mol. The van der Waals surface area contributed by atoms with Crippen LogP contribution in [-0.2, 0) is 14.3 Å². The number of rotatable bonds is 10. The maximum Gasteiger partial charge on any atom is 0.264 e. The zero-order valence-corrected chi connectivity index (χ0v) is 20.1. The topological polar surface area (TPSA) is 117 Å². The van der Waals surface area contributed by atoms with E-state index in [2.05, 4.69) is 16.0 Å². The molecule has 34 heavy (non-hydrogen) atoms. The fourth-order valence-electron chi connectivity index (χ4n) is 4.68. The maximum atomic E-state index is 13.1. The number of anilines is 1. The van der Waals surface area contributed by atoms with Crippen molar-refractivity contribution < 1.29 is 23.9 Å². The van der Waals surface area contributed by atoms with Gasteiger partial charge in [0.05, 0.1) is 17.2 Å². The summed E-state index contributed by atoms with van der Waals surface area (Å²) in [6.45, 7) is 3.57. The molecule has 0 aliphatic carbocycles. The average molecular weight is 493 g/mol. The number of benzene rings is 1. The summed E-state index contributed by atoms with van der Waals surface area (Å²) in [4.78, 5) is 50.6. The number of piperidine rings is 2. The van der Waals surface area contributed by atoms with Gasteiger partial charge >= 0.3 is 0 Å². The molecule has 0 radical (unpaired) electrons. The van der Waals surface area contributed by atoms with Crippen LogP contribution >= 0.6 is 12.4 Å². The van der Waals surface area contributed by atoms with Gasteiger partial charge in [0.1, 0.15) is 6.04 Å². The van der Waals surface area contributed by atoms with E-state index in [4.69, 9.17) is 4.74 Å². The molecule has 3 aliphatic rings. The van der Waals surface area contributed by atoms with Gasteiger partial charge in [-0.1, -0.05) is 18.9 Å². The summed E-state index contributed by atoms with van der Waals surface area (Å²) in [6, 6.07) is 4.17. The van der Waals surface area contributed by atoms with Crippen molar-refractivity contribution in [1.82, 2.24) is 15.5 Å². The lowest BCUT2D eigenvalue weighted by Crippen LogP contribution is -2.54. The first-order valence-electron chi connectivity index (χ1n) is 12.0. The highest BCUT2D eigenvalue weighted by Gasteiger charge is 2.45. The van der Waals surface area contributed by atoms with Gasteiger partial charge in [-0.2, -0.15) is 0 Å². The zero-order valence-electron chi connectivity index (χ0n) is 19.3. The Balaban J connectivity index is 0.00000324. The number of carbonyl (C=O) groups is 4. The number of fused-ring (bicyclic) bond motifs is 1. The van der Waals surface area contributed by atoms with Crippen molar-refractivity contribution in [3.05, 3.63) is 29.3 Å². The fraction of sp³-hybridized carbons (Fsp3) is 0.583. The largest absolute Gasteiger partial charge is 0.384 e. The standard InChI is InChI=1S/C24H32N4O5.ClH/c29-20-9-8-19(22(30)27-20)28-23(31)17-6-5-7-18(21(17)24(28)32)26-12-3-1-2-4-15-33-16-10-13-25-14-11-16;/h5-7,16,19,25-26H,1-4,8-15H2,(H,27,29,30);1H. The van der Waals surface area contributed by atoms with Crippen molar-refractivity contribution in [2.75, 3.05) is 31.6 Å². The van der Waals surface area contributed by atoms with Gasteiger partial charge in [-0.25, -0.2) is 0 Å². The monoisotopic (exact) mass is 492 g/mol. The van der Waals surface area contributed by atoms with Crippen LogP contribution in [0.2, 0.25) is 0 Å². The first kappa shape index (κ1) is 26.1. The van der Waals surface area contributed by atoms with Gasteiger partial charge < -0.3 is 15.4 Å².